The van der Waals surface area contributed by atoms with Crippen LogP contribution in [0.15, 0.2) is 94.9 Å². The second-order valence-electron chi connectivity index (χ2n) is 7.00. The second-order valence-corrected chi connectivity index (χ2v) is 8.93. The number of nitro groups is 1. The summed E-state index contributed by atoms with van der Waals surface area (Å²) in [7, 11) is -3.93. The molecule has 0 aromatic heterocycles. The number of rotatable bonds is 10. The Kier molecular flexibility index (Phi) is 8.01. The Morgan fingerprint density at radius 3 is 2.24 bits per heavy atom. The van der Waals surface area contributed by atoms with Crippen molar-refractivity contribution < 1.29 is 18.1 Å². The highest BCUT2D eigenvalue weighted by molar-refractivity contribution is 7.89. The third-order valence-electron chi connectivity index (χ3n) is 4.72. The Morgan fingerprint density at radius 1 is 0.970 bits per heavy atom. The normalized spacial score (nSPS) is 11.5. The van der Waals surface area contributed by atoms with E-state index in [1.165, 1.54) is 30.3 Å². The van der Waals surface area contributed by atoms with E-state index in [0.29, 0.717) is 6.42 Å². The first-order valence-corrected chi connectivity index (χ1v) is 11.5. The highest BCUT2D eigenvalue weighted by Crippen LogP contribution is 2.17. The van der Waals surface area contributed by atoms with E-state index < -0.39 is 27.4 Å². The van der Waals surface area contributed by atoms with Crippen LogP contribution in [0.2, 0.25) is 0 Å². The Balaban J connectivity index is 1.74. The van der Waals surface area contributed by atoms with Crippen LogP contribution in [0.4, 0.5) is 5.69 Å². The maximum Gasteiger partial charge on any atom is 0.278 e. The average Bonchev–Trinajstić information content (AvgIpc) is 2.83. The van der Waals surface area contributed by atoms with Gasteiger partial charge in [-0.05, 0) is 30.2 Å². The van der Waals surface area contributed by atoms with E-state index in [1.807, 2.05) is 30.3 Å². The number of hydrazone groups is 1. The number of hydrogen-bond donors (Lipinski definition) is 1. The van der Waals surface area contributed by atoms with Crippen LogP contribution in [0.25, 0.3) is 0 Å². The molecule has 3 aromatic rings. The SMILES string of the molecule is O=C(CN(CCc1ccccc1)S(=O)(=O)c1ccccc1)N/N=C\c1ccccc1[N+](=O)[O-]. The van der Waals surface area contributed by atoms with Crippen molar-refractivity contribution in [2.75, 3.05) is 13.1 Å². The van der Waals surface area contributed by atoms with E-state index in [0.717, 1.165) is 16.1 Å². The van der Waals surface area contributed by atoms with Gasteiger partial charge in [0.25, 0.3) is 11.6 Å². The molecule has 0 unspecified atom stereocenters. The molecule has 1 amide bonds. The van der Waals surface area contributed by atoms with Crippen LogP contribution in [0.1, 0.15) is 11.1 Å². The van der Waals surface area contributed by atoms with Crippen LogP contribution in [0.5, 0.6) is 0 Å². The fraction of sp³-hybridized carbons (Fsp3) is 0.130. The van der Waals surface area contributed by atoms with Gasteiger partial charge in [-0.25, -0.2) is 13.8 Å². The largest absolute Gasteiger partial charge is 0.278 e. The van der Waals surface area contributed by atoms with E-state index in [1.54, 1.807) is 24.3 Å². The smallest absolute Gasteiger partial charge is 0.272 e. The Morgan fingerprint density at radius 2 is 1.58 bits per heavy atom. The van der Waals surface area contributed by atoms with E-state index in [9.17, 15) is 23.3 Å². The lowest BCUT2D eigenvalue weighted by molar-refractivity contribution is -0.385. The molecule has 9 nitrogen and oxygen atoms in total. The molecule has 0 heterocycles. The minimum Gasteiger partial charge on any atom is -0.272 e. The standard InChI is InChI=1S/C23H22N4O5S/c28-23(25-24-17-20-11-7-8-14-22(20)27(29)30)18-26(16-15-19-9-3-1-4-10-19)33(31,32)21-12-5-2-6-13-21/h1-14,17H,15-16,18H2,(H,25,28)/b24-17-. The molecule has 0 spiro atoms. The van der Waals surface area contributed by atoms with Crippen LogP contribution in [0.3, 0.4) is 0 Å². The summed E-state index contributed by atoms with van der Waals surface area (Å²) in [6, 6.07) is 23.1. The summed E-state index contributed by atoms with van der Waals surface area (Å²) in [6.45, 7) is -0.374. The molecule has 0 saturated heterocycles. The van der Waals surface area contributed by atoms with E-state index >= 15 is 0 Å². The van der Waals surface area contributed by atoms with Crippen molar-refractivity contribution in [1.82, 2.24) is 9.73 Å². The molecule has 0 bridgehead atoms. The first-order chi connectivity index (χ1) is 15.9. The molecule has 1 N–H and O–H groups in total. The summed E-state index contributed by atoms with van der Waals surface area (Å²) in [5.74, 6) is -0.669. The van der Waals surface area contributed by atoms with Gasteiger partial charge in [0.1, 0.15) is 0 Å². The lowest BCUT2D eigenvalue weighted by atomic mass is 10.1. The molecule has 0 aliphatic rings. The molecule has 0 saturated carbocycles. The van der Waals surface area contributed by atoms with Crippen LogP contribution in [-0.4, -0.2) is 42.9 Å². The number of carbonyl (C=O) groups excluding carboxylic acids is 1. The Bertz CT molecular complexity index is 1230. The van der Waals surface area contributed by atoms with Crippen LogP contribution in [0, 0.1) is 10.1 Å². The van der Waals surface area contributed by atoms with Crippen molar-refractivity contribution in [3.8, 4) is 0 Å². The monoisotopic (exact) mass is 466 g/mol. The minimum atomic E-state index is -3.93. The summed E-state index contributed by atoms with van der Waals surface area (Å²) in [5, 5.41) is 14.8. The van der Waals surface area contributed by atoms with Gasteiger partial charge >= 0.3 is 0 Å². The number of amides is 1. The number of benzene rings is 3. The number of nitrogens with one attached hydrogen (secondary N) is 1. The highest BCUT2D eigenvalue weighted by Gasteiger charge is 2.26. The number of para-hydroxylation sites is 1. The zero-order chi connectivity index (χ0) is 23.7. The zero-order valence-corrected chi connectivity index (χ0v) is 18.4. The van der Waals surface area contributed by atoms with Gasteiger partial charge in [-0.2, -0.15) is 9.41 Å². The zero-order valence-electron chi connectivity index (χ0n) is 17.6. The predicted octanol–water partition coefficient (Wildman–Crippen LogP) is 2.98. The Hall–Kier alpha value is -3.89. The Labute approximate surface area is 191 Å². The average molecular weight is 467 g/mol. The summed E-state index contributed by atoms with van der Waals surface area (Å²) >= 11 is 0. The lowest BCUT2D eigenvalue weighted by Crippen LogP contribution is -2.40. The molecule has 10 heteroatoms. The number of nitrogens with zero attached hydrogens (tertiary/aromatic N) is 3. The van der Waals surface area contributed by atoms with Crippen LogP contribution in [-0.2, 0) is 21.2 Å². The first kappa shape index (κ1) is 23.8. The van der Waals surface area contributed by atoms with Crippen LogP contribution >= 0.6 is 0 Å². The van der Waals surface area contributed by atoms with Crippen molar-refractivity contribution in [2.24, 2.45) is 5.10 Å². The molecule has 0 radical (unpaired) electrons. The lowest BCUT2D eigenvalue weighted by Gasteiger charge is -2.21. The first-order valence-electron chi connectivity index (χ1n) is 10.0. The molecular formula is C23H22N4O5S. The quantitative estimate of drug-likeness (QED) is 0.280. The molecule has 0 fully saturated rings. The molecule has 3 aromatic carbocycles. The van der Waals surface area contributed by atoms with Crippen molar-refractivity contribution >= 4 is 27.8 Å². The summed E-state index contributed by atoms with van der Waals surface area (Å²) in [4.78, 5) is 23.1. The number of sulfonamides is 1. The van der Waals surface area contributed by atoms with Gasteiger partial charge in [-0.15, -0.1) is 0 Å². The maximum atomic E-state index is 13.1. The number of hydrogen-bond acceptors (Lipinski definition) is 6. The van der Waals surface area contributed by atoms with Gasteiger partial charge in [0, 0.05) is 12.6 Å². The van der Waals surface area contributed by atoms with Crippen molar-refractivity contribution in [3.05, 3.63) is 106 Å². The van der Waals surface area contributed by atoms with Gasteiger partial charge < -0.3 is 0 Å². The van der Waals surface area contributed by atoms with E-state index in [4.69, 9.17) is 0 Å². The van der Waals surface area contributed by atoms with Crippen molar-refractivity contribution in [1.29, 1.82) is 0 Å². The molecule has 0 aliphatic carbocycles. The fourth-order valence-electron chi connectivity index (χ4n) is 3.06. The predicted molar refractivity (Wildman–Crippen MR) is 124 cm³/mol. The topological polar surface area (TPSA) is 122 Å². The third-order valence-corrected chi connectivity index (χ3v) is 6.58. The van der Waals surface area contributed by atoms with Crippen LogP contribution < -0.4 is 5.43 Å². The van der Waals surface area contributed by atoms with E-state index in [2.05, 4.69) is 10.5 Å². The summed E-state index contributed by atoms with van der Waals surface area (Å²) in [6.07, 6.45) is 1.57. The molecule has 0 aliphatic heterocycles. The second kappa shape index (κ2) is 11.1. The molecular weight excluding hydrogens is 444 g/mol. The number of carbonyl (C=O) groups is 1. The van der Waals surface area contributed by atoms with E-state index in [-0.39, 0.29) is 22.7 Å². The molecule has 170 valence electrons. The van der Waals surface area contributed by atoms with Gasteiger partial charge in [0.15, 0.2) is 0 Å². The van der Waals surface area contributed by atoms with Crippen molar-refractivity contribution in [3.63, 3.8) is 0 Å². The number of nitro benzene ring substituents is 1. The van der Waals surface area contributed by atoms with Gasteiger partial charge in [0.2, 0.25) is 10.0 Å². The minimum absolute atomic E-state index is 0.0780. The highest BCUT2D eigenvalue weighted by atomic mass is 32.2. The molecule has 0 atom stereocenters. The summed E-state index contributed by atoms with van der Waals surface area (Å²) in [5.41, 5.74) is 3.23. The van der Waals surface area contributed by atoms with Crippen molar-refractivity contribution in [2.45, 2.75) is 11.3 Å². The molecule has 33 heavy (non-hydrogen) atoms. The fourth-order valence-corrected chi connectivity index (χ4v) is 4.47. The third kappa shape index (κ3) is 6.55. The van der Waals surface area contributed by atoms with Gasteiger partial charge in [-0.3, -0.25) is 14.9 Å². The van der Waals surface area contributed by atoms with Gasteiger partial charge in [-0.1, -0.05) is 60.7 Å². The maximum absolute atomic E-state index is 13.1. The molecule has 3 rings (SSSR count). The van der Waals surface area contributed by atoms with Gasteiger partial charge in [0.05, 0.1) is 28.1 Å². The summed E-state index contributed by atoms with van der Waals surface area (Å²) < 4.78 is 27.4.